The van der Waals surface area contributed by atoms with Gasteiger partial charge in [0, 0.05) is 0 Å². The van der Waals surface area contributed by atoms with Crippen LogP contribution in [0.1, 0.15) is 11.7 Å². The first-order chi connectivity index (χ1) is 5.77. The molecule has 12 heavy (non-hydrogen) atoms. The smallest absolute Gasteiger partial charge is 0.153 e. The summed E-state index contributed by atoms with van der Waals surface area (Å²) in [6.45, 7) is 0. The SMILES string of the molecule is COc1cccc(C(O)C=O)c1. The summed E-state index contributed by atoms with van der Waals surface area (Å²) >= 11 is 0. The van der Waals surface area contributed by atoms with E-state index in [0.29, 0.717) is 17.6 Å². The number of hydrogen-bond acceptors (Lipinski definition) is 3. The predicted molar refractivity (Wildman–Crippen MR) is 44.0 cm³/mol. The van der Waals surface area contributed by atoms with Crippen molar-refractivity contribution in [3.63, 3.8) is 0 Å². The van der Waals surface area contributed by atoms with Gasteiger partial charge in [0.25, 0.3) is 0 Å². The molecule has 3 nitrogen and oxygen atoms in total. The van der Waals surface area contributed by atoms with Crippen molar-refractivity contribution in [3.8, 4) is 5.75 Å². The molecule has 1 atom stereocenters. The third-order valence-electron chi connectivity index (χ3n) is 1.56. The third-order valence-corrected chi connectivity index (χ3v) is 1.56. The molecule has 0 spiro atoms. The Hall–Kier alpha value is -1.35. The summed E-state index contributed by atoms with van der Waals surface area (Å²) in [6.07, 6.45) is -0.575. The standard InChI is InChI=1S/C9H10O3/c1-12-8-4-2-3-7(5-8)9(11)6-10/h2-6,9,11H,1H3. The molecule has 0 fully saturated rings. The molecule has 0 aliphatic heterocycles. The Kier molecular flexibility index (Phi) is 2.82. The zero-order valence-electron chi connectivity index (χ0n) is 6.73. The van der Waals surface area contributed by atoms with Gasteiger partial charge in [-0.2, -0.15) is 0 Å². The van der Waals surface area contributed by atoms with E-state index >= 15 is 0 Å². The molecule has 0 aliphatic rings. The molecule has 0 saturated heterocycles. The van der Waals surface area contributed by atoms with E-state index in [0.717, 1.165) is 0 Å². The second-order valence-electron chi connectivity index (χ2n) is 2.36. The Bertz CT molecular complexity index is 270. The summed E-state index contributed by atoms with van der Waals surface area (Å²) in [5, 5.41) is 9.13. The maximum atomic E-state index is 10.2. The fraction of sp³-hybridized carbons (Fsp3) is 0.222. The van der Waals surface area contributed by atoms with Crippen molar-refractivity contribution in [1.29, 1.82) is 0 Å². The molecule has 0 aromatic heterocycles. The van der Waals surface area contributed by atoms with E-state index in [1.54, 1.807) is 24.3 Å². The van der Waals surface area contributed by atoms with E-state index in [9.17, 15) is 4.79 Å². The van der Waals surface area contributed by atoms with Gasteiger partial charge in [-0.25, -0.2) is 0 Å². The van der Waals surface area contributed by atoms with Crippen LogP contribution in [-0.4, -0.2) is 18.5 Å². The lowest BCUT2D eigenvalue weighted by atomic mass is 10.1. The van der Waals surface area contributed by atoms with E-state index in [-0.39, 0.29) is 0 Å². The highest BCUT2D eigenvalue weighted by Crippen LogP contribution is 2.17. The van der Waals surface area contributed by atoms with E-state index in [2.05, 4.69) is 0 Å². The second-order valence-corrected chi connectivity index (χ2v) is 2.36. The van der Waals surface area contributed by atoms with Crippen LogP contribution in [0.2, 0.25) is 0 Å². The van der Waals surface area contributed by atoms with Crippen molar-refractivity contribution < 1.29 is 14.6 Å². The molecule has 64 valence electrons. The van der Waals surface area contributed by atoms with Gasteiger partial charge in [-0.15, -0.1) is 0 Å². The molecule has 1 aromatic carbocycles. The largest absolute Gasteiger partial charge is 0.497 e. The zero-order valence-corrected chi connectivity index (χ0v) is 6.73. The monoisotopic (exact) mass is 166 g/mol. The summed E-state index contributed by atoms with van der Waals surface area (Å²) in [6, 6.07) is 6.77. The van der Waals surface area contributed by atoms with Crippen LogP contribution in [0.15, 0.2) is 24.3 Å². The van der Waals surface area contributed by atoms with Crippen LogP contribution >= 0.6 is 0 Å². The number of aliphatic hydroxyl groups is 1. The molecule has 0 amide bonds. The maximum absolute atomic E-state index is 10.2. The molecule has 0 heterocycles. The minimum atomic E-state index is -1.06. The Morgan fingerprint density at radius 2 is 2.33 bits per heavy atom. The maximum Gasteiger partial charge on any atom is 0.153 e. The highest BCUT2D eigenvalue weighted by Gasteiger charge is 2.05. The van der Waals surface area contributed by atoms with Crippen LogP contribution in [0.5, 0.6) is 5.75 Å². The first kappa shape index (κ1) is 8.74. The highest BCUT2D eigenvalue weighted by atomic mass is 16.5. The Labute approximate surface area is 70.6 Å². The normalized spacial score (nSPS) is 12.2. The number of benzene rings is 1. The summed E-state index contributed by atoms with van der Waals surface area (Å²) < 4.78 is 4.92. The van der Waals surface area contributed by atoms with Crippen molar-refractivity contribution in [2.75, 3.05) is 7.11 Å². The molecule has 0 radical (unpaired) electrons. The van der Waals surface area contributed by atoms with Crippen molar-refractivity contribution >= 4 is 6.29 Å². The Balaban J connectivity index is 2.93. The van der Waals surface area contributed by atoms with Gasteiger partial charge in [0.1, 0.15) is 11.9 Å². The molecule has 0 aliphatic carbocycles. The van der Waals surface area contributed by atoms with Gasteiger partial charge in [0.15, 0.2) is 6.29 Å². The van der Waals surface area contributed by atoms with Crippen molar-refractivity contribution in [3.05, 3.63) is 29.8 Å². The number of aldehydes is 1. The summed E-state index contributed by atoms with van der Waals surface area (Å²) in [4.78, 5) is 10.2. The first-order valence-corrected chi connectivity index (χ1v) is 3.55. The molecule has 0 bridgehead atoms. The number of hydrogen-bond donors (Lipinski definition) is 1. The molecule has 1 N–H and O–H groups in total. The number of rotatable bonds is 3. The number of carbonyl (C=O) groups is 1. The molecular formula is C9H10O3. The van der Waals surface area contributed by atoms with E-state index < -0.39 is 6.10 Å². The highest BCUT2D eigenvalue weighted by molar-refractivity contribution is 5.59. The van der Waals surface area contributed by atoms with Crippen molar-refractivity contribution in [1.82, 2.24) is 0 Å². The molecular weight excluding hydrogens is 156 g/mol. The van der Waals surface area contributed by atoms with Gasteiger partial charge in [-0.1, -0.05) is 12.1 Å². The van der Waals surface area contributed by atoms with E-state index in [1.807, 2.05) is 0 Å². The lowest BCUT2D eigenvalue weighted by Gasteiger charge is -2.04. The third kappa shape index (κ3) is 1.83. The fourth-order valence-electron chi connectivity index (χ4n) is 0.904. The minimum absolute atomic E-state index is 0.481. The Morgan fingerprint density at radius 1 is 1.58 bits per heavy atom. The van der Waals surface area contributed by atoms with Crippen LogP contribution < -0.4 is 4.74 Å². The van der Waals surface area contributed by atoms with Crippen molar-refractivity contribution in [2.45, 2.75) is 6.10 Å². The first-order valence-electron chi connectivity index (χ1n) is 3.55. The molecule has 1 aromatic rings. The minimum Gasteiger partial charge on any atom is -0.497 e. The van der Waals surface area contributed by atoms with Crippen molar-refractivity contribution in [2.24, 2.45) is 0 Å². The van der Waals surface area contributed by atoms with Crippen LogP contribution in [0, 0.1) is 0 Å². The fourth-order valence-corrected chi connectivity index (χ4v) is 0.904. The number of aliphatic hydroxyl groups excluding tert-OH is 1. The number of methoxy groups -OCH3 is 1. The lowest BCUT2D eigenvalue weighted by molar-refractivity contribution is -0.115. The zero-order chi connectivity index (χ0) is 8.97. The summed E-state index contributed by atoms with van der Waals surface area (Å²) in [5.74, 6) is 0.633. The molecule has 0 saturated carbocycles. The number of carbonyl (C=O) groups excluding carboxylic acids is 1. The molecule has 1 unspecified atom stereocenters. The summed E-state index contributed by atoms with van der Waals surface area (Å²) in [7, 11) is 1.53. The van der Waals surface area contributed by atoms with Crippen LogP contribution in [-0.2, 0) is 4.79 Å². The second kappa shape index (κ2) is 3.88. The lowest BCUT2D eigenvalue weighted by Crippen LogP contribution is -1.97. The van der Waals surface area contributed by atoms with E-state index in [4.69, 9.17) is 9.84 Å². The average Bonchev–Trinajstić information content (AvgIpc) is 2.17. The quantitative estimate of drug-likeness (QED) is 0.679. The van der Waals surface area contributed by atoms with Gasteiger partial charge < -0.3 is 14.6 Å². The van der Waals surface area contributed by atoms with Crippen LogP contribution in [0.25, 0.3) is 0 Å². The number of ether oxygens (including phenoxy) is 1. The van der Waals surface area contributed by atoms with Crippen LogP contribution in [0.4, 0.5) is 0 Å². The Morgan fingerprint density at radius 3 is 2.92 bits per heavy atom. The predicted octanol–water partition coefficient (Wildman–Crippen LogP) is 0.927. The van der Waals surface area contributed by atoms with Gasteiger partial charge in [0.2, 0.25) is 0 Å². The molecule has 3 heteroatoms. The topological polar surface area (TPSA) is 46.5 Å². The van der Waals surface area contributed by atoms with Crippen LogP contribution in [0.3, 0.4) is 0 Å². The van der Waals surface area contributed by atoms with Gasteiger partial charge in [0.05, 0.1) is 7.11 Å². The molecule has 1 rings (SSSR count). The average molecular weight is 166 g/mol. The summed E-state index contributed by atoms with van der Waals surface area (Å²) in [5.41, 5.74) is 0.546. The van der Waals surface area contributed by atoms with Gasteiger partial charge in [-0.3, -0.25) is 0 Å². The van der Waals surface area contributed by atoms with Gasteiger partial charge in [-0.05, 0) is 17.7 Å². The van der Waals surface area contributed by atoms with Gasteiger partial charge >= 0.3 is 0 Å². The van der Waals surface area contributed by atoms with E-state index in [1.165, 1.54) is 7.11 Å².